The Morgan fingerprint density at radius 2 is 2.05 bits per heavy atom. The Morgan fingerprint density at radius 1 is 1.25 bits per heavy atom. The molecule has 1 N–H and O–H groups in total. The van der Waals surface area contributed by atoms with Crippen molar-refractivity contribution in [1.82, 2.24) is 4.98 Å². The molecule has 0 unspecified atom stereocenters. The molecule has 4 heteroatoms. The molecule has 1 aromatic carbocycles. The number of anilines is 1. The van der Waals surface area contributed by atoms with Crippen molar-refractivity contribution in [3.63, 3.8) is 0 Å². The molecule has 106 valence electrons. The van der Waals surface area contributed by atoms with Gasteiger partial charge in [0.1, 0.15) is 0 Å². The predicted molar refractivity (Wildman–Crippen MR) is 85.8 cm³/mol. The minimum absolute atomic E-state index is 0.0342. The van der Waals surface area contributed by atoms with Crippen molar-refractivity contribution >= 4 is 21.6 Å². The van der Waals surface area contributed by atoms with Gasteiger partial charge in [0.15, 0.2) is 0 Å². The first-order chi connectivity index (χ1) is 9.63. The van der Waals surface area contributed by atoms with Crippen LogP contribution in [0, 0.1) is 6.92 Å². The van der Waals surface area contributed by atoms with Gasteiger partial charge in [-0.15, -0.1) is 0 Å². The van der Waals surface area contributed by atoms with Crippen LogP contribution in [0.25, 0.3) is 0 Å². The summed E-state index contributed by atoms with van der Waals surface area (Å²) in [7, 11) is 0. The van der Waals surface area contributed by atoms with Crippen molar-refractivity contribution in [2.24, 2.45) is 0 Å². The number of aliphatic hydroxyl groups excluding tert-OH is 1. The van der Waals surface area contributed by atoms with Crippen LogP contribution >= 0.6 is 15.9 Å². The minimum Gasteiger partial charge on any atom is -0.392 e. The molecule has 20 heavy (non-hydrogen) atoms. The Morgan fingerprint density at radius 3 is 2.70 bits per heavy atom. The fourth-order valence-electron chi connectivity index (χ4n) is 2.24. The van der Waals surface area contributed by atoms with Gasteiger partial charge >= 0.3 is 0 Å². The third-order valence-electron chi connectivity index (χ3n) is 3.23. The second-order valence-electron chi connectivity index (χ2n) is 4.72. The van der Waals surface area contributed by atoms with Crippen molar-refractivity contribution in [1.29, 1.82) is 0 Å². The summed E-state index contributed by atoms with van der Waals surface area (Å²) in [5.74, 6) is 0. The average molecular weight is 335 g/mol. The van der Waals surface area contributed by atoms with Gasteiger partial charge in [-0.25, -0.2) is 0 Å². The summed E-state index contributed by atoms with van der Waals surface area (Å²) in [5, 5.41) is 9.53. The van der Waals surface area contributed by atoms with Gasteiger partial charge < -0.3 is 10.0 Å². The zero-order valence-corrected chi connectivity index (χ0v) is 13.4. The average Bonchev–Trinajstić information content (AvgIpc) is 2.45. The van der Waals surface area contributed by atoms with E-state index in [0.29, 0.717) is 0 Å². The number of halogens is 1. The first kappa shape index (κ1) is 15.0. The van der Waals surface area contributed by atoms with E-state index in [-0.39, 0.29) is 6.61 Å². The molecule has 0 atom stereocenters. The molecule has 2 rings (SSSR count). The van der Waals surface area contributed by atoms with Gasteiger partial charge in [-0.05, 0) is 44.2 Å². The van der Waals surface area contributed by atoms with Crippen LogP contribution in [0.4, 0.5) is 5.69 Å². The van der Waals surface area contributed by atoms with E-state index in [9.17, 15) is 5.11 Å². The van der Waals surface area contributed by atoms with Crippen LogP contribution in [-0.4, -0.2) is 16.6 Å². The molecular weight excluding hydrogens is 316 g/mol. The number of pyridine rings is 1. The van der Waals surface area contributed by atoms with Crippen LogP contribution in [0.2, 0.25) is 0 Å². The van der Waals surface area contributed by atoms with E-state index in [1.54, 1.807) is 0 Å². The SMILES string of the molecule is CCN(Cc1cccc(C)n1)c1ccc(Br)cc1CO. The summed E-state index contributed by atoms with van der Waals surface area (Å²) < 4.78 is 0.982. The number of aryl methyl sites for hydroxylation is 1. The summed E-state index contributed by atoms with van der Waals surface area (Å²) in [6.45, 7) is 5.75. The molecule has 0 radical (unpaired) electrons. The second kappa shape index (κ2) is 6.86. The number of rotatable bonds is 5. The highest BCUT2D eigenvalue weighted by Crippen LogP contribution is 2.25. The van der Waals surface area contributed by atoms with E-state index in [2.05, 4.69) is 32.7 Å². The van der Waals surface area contributed by atoms with Crippen molar-refractivity contribution in [2.45, 2.75) is 27.0 Å². The van der Waals surface area contributed by atoms with Crippen LogP contribution in [0.3, 0.4) is 0 Å². The highest BCUT2D eigenvalue weighted by Gasteiger charge is 2.11. The number of aliphatic hydroxyl groups is 1. The van der Waals surface area contributed by atoms with Gasteiger partial charge in [0, 0.05) is 28.0 Å². The molecule has 0 aliphatic heterocycles. The molecule has 0 saturated carbocycles. The molecule has 0 aliphatic rings. The van der Waals surface area contributed by atoms with E-state index < -0.39 is 0 Å². The quantitative estimate of drug-likeness (QED) is 0.906. The Balaban J connectivity index is 2.28. The summed E-state index contributed by atoms with van der Waals surface area (Å²) >= 11 is 3.44. The highest BCUT2D eigenvalue weighted by atomic mass is 79.9. The summed E-state index contributed by atoms with van der Waals surface area (Å²) in [6, 6.07) is 12.1. The molecule has 2 aromatic rings. The maximum Gasteiger partial charge on any atom is 0.0702 e. The Bertz CT molecular complexity index is 586. The first-order valence-corrected chi connectivity index (χ1v) is 7.50. The first-order valence-electron chi connectivity index (χ1n) is 6.70. The molecule has 1 aromatic heterocycles. The topological polar surface area (TPSA) is 36.4 Å². The number of nitrogens with zero attached hydrogens (tertiary/aromatic N) is 2. The van der Waals surface area contributed by atoms with Gasteiger partial charge in [0.05, 0.1) is 18.8 Å². The van der Waals surface area contributed by atoms with Crippen molar-refractivity contribution in [3.05, 3.63) is 57.8 Å². The third kappa shape index (κ3) is 3.58. The van der Waals surface area contributed by atoms with Crippen LogP contribution in [0.15, 0.2) is 40.9 Å². The lowest BCUT2D eigenvalue weighted by atomic mass is 10.1. The fourth-order valence-corrected chi connectivity index (χ4v) is 2.65. The van der Waals surface area contributed by atoms with Crippen LogP contribution in [-0.2, 0) is 13.2 Å². The molecule has 0 amide bonds. The van der Waals surface area contributed by atoms with Gasteiger partial charge in [-0.1, -0.05) is 22.0 Å². The van der Waals surface area contributed by atoms with E-state index in [4.69, 9.17) is 0 Å². The van der Waals surface area contributed by atoms with Crippen LogP contribution in [0.5, 0.6) is 0 Å². The Hall–Kier alpha value is -1.39. The van der Waals surface area contributed by atoms with Crippen molar-refractivity contribution in [3.8, 4) is 0 Å². The van der Waals surface area contributed by atoms with Gasteiger partial charge in [0.25, 0.3) is 0 Å². The number of hydrogen-bond donors (Lipinski definition) is 1. The lowest BCUT2D eigenvalue weighted by Gasteiger charge is -2.25. The lowest BCUT2D eigenvalue weighted by Crippen LogP contribution is -2.24. The third-order valence-corrected chi connectivity index (χ3v) is 3.73. The van der Waals surface area contributed by atoms with E-state index in [1.807, 2.05) is 43.3 Å². The lowest BCUT2D eigenvalue weighted by molar-refractivity contribution is 0.282. The molecule has 0 saturated heterocycles. The molecule has 0 spiro atoms. The maximum atomic E-state index is 9.53. The zero-order valence-electron chi connectivity index (χ0n) is 11.8. The largest absolute Gasteiger partial charge is 0.392 e. The number of benzene rings is 1. The van der Waals surface area contributed by atoms with E-state index in [1.165, 1.54) is 0 Å². The predicted octanol–water partition coefficient (Wildman–Crippen LogP) is 3.67. The number of aromatic nitrogens is 1. The van der Waals surface area contributed by atoms with Crippen LogP contribution in [0.1, 0.15) is 23.9 Å². The molecule has 3 nitrogen and oxygen atoms in total. The second-order valence-corrected chi connectivity index (χ2v) is 5.63. The Labute approximate surface area is 128 Å². The van der Waals surface area contributed by atoms with Crippen LogP contribution < -0.4 is 4.90 Å². The minimum atomic E-state index is 0.0342. The molecule has 0 fully saturated rings. The molecule has 1 heterocycles. The standard InChI is InChI=1S/C16H19BrN2O/c1-3-19(10-15-6-4-5-12(2)18-15)16-8-7-14(17)9-13(16)11-20/h4-9,20H,3,10-11H2,1-2H3. The molecular formula is C16H19BrN2O. The van der Waals surface area contributed by atoms with E-state index >= 15 is 0 Å². The number of hydrogen-bond acceptors (Lipinski definition) is 3. The van der Waals surface area contributed by atoms with Gasteiger partial charge in [0.2, 0.25) is 0 Å². The molecule has 0 bridgehead atoms. The molecule has 0 aliphatic carbocycles. The Kier molecular flexibility index (Phi) is 5.15. The van der Waals surface area contributed by atoms with Crippen molar-refractivity contribution < 1.29 is 5.11 Å². The zero-order chi connectivity index (χ0) is 14.5. The smallest absolute Gasteiger partial charge is 0.0702 e. The summed E-state index contributed by atoms with van der Waals surface area (Å²) in [4.78, 5) is 6.77. The highest BCUT2D eigenvalue weighted by molar-refractivity contribution is 9.10. The monoisotopic (exact) mass is 334 g/mol. The van der Waals surface area contributed by atoms with Gasteiger partial charge in [-0.2, -0.15) is 0 Å². The maximum absolute atomic E-state index is 9.53. The van der Waals surface area contributed by atoms with Crippen molar-refractivity contribution in [2.75, 3.05) is 11.4 Å². The fraction of sp³-hybridized carbons (Fsp3) is 0.312. The normalized spacial score (nSPS) is 10.6. The van der Waals surface area contributed by atoms with E-state index in [0.717, 1.165) is 40.2 Å². The van der Waals surface area contributed by atoms with Gasteiger partial charge in [-0.3, -0.25) is 4.98 Å². The summed E-state index contributed by atoms with van der Waals surface area (Å²) in [5.41, 5.74) is 4.05. The summed E-state index contributed by atoms with van der Waals surface area (Å²) in [6.07, 6.45) is 0.